The summed E-state index contributed by atoms with van der Waals surface area (Å²) in [5.74, 6) is -0.852. The third-order valence-electron chi connectivity index (χ3n) is 12.0. The van der Waals surface area contributed by atoms with E-state index in [2.05, 4.69) is 0 Å². The third-order valence-corrected chi connectivity index (χ3v) is 16.0. The van der Waals surface area contributed by atoms with Crippen molar-refractivity contribution in [2.45, 2.75) is 93.3 Å². The Kier molecular flexibility index (Phi) is 14.4. The molecule has 0 radical (unpaired) electrons. The first-order valence-corrected chi connectivity index (χ1v) is 27.3. The van der Waals surface area contributed by atoms with E-state index in [0.29, 0.717) is 76.9 Å². The molecule has 0 spiro atoms. The van der Waals surface area contributed by atoms with Gasteiger partial charge in [0.2, 0.25) is 5.69 Å². The molecule has 0 unspecified atom stereocenters. The quantitative estimate of drug-likeness (QED) is 0.0598. The van der Waals surface area contributed by atoms with Gasteiger partial charge in [0.15, 0.2) is 5.71 Å². The van der Waals surface area contributed by atoms with Crippen LogP contribution >= 0.6 is 23.2 Å². The van der Waals surface area contributed by atoms with E-state index in [1.165, 1.54) is 24.3 Å². The van der Waals surface area contributed by atoms with Crippen molar-refractivity contribution in [3.63, 3.8) is 0 Å². The molecule has 0 fully saturated rings. The summed E-state index contributed by atoms with van der Waals surface area (Å²) in [6, 6.07) is 13.9. The normalized spacial score (nSPS) is 19.1. The van der Waals surface area contributed by atoms with Crippen molar-refractivity contribution in [3.8, 4) is 0 Å². The second-order valence-corrected chi connectivity index (χ2v) is 24.0. The van der Waals surface area contributed by atoms with Crippen molar-refractivity contribution >= 4 is 86.3 Å². The van der Waals surface area contributed by atoms with Crippen molar-refractivity contribution in [2.24, 2.45) is 0 Å². The van der Waals surface area contributed by atoms with Gasteiger partial charge in [-0.05, 0) is 123 Å². The zero-order valence-electron chi connectivity index (χ0n) is 35.6. The maximum absolute atomic E-state index is 12.2. The largest absolute Gasteiger partial charge is 0.344 e. The summed E-state index contributed by atoms with van der Waals surface area (Å²) in [5.41, 5.74) is 5.65. The van der Waals surface area contributed by atoms with Gasteiger partial charge >= 0.3 is 0 Å². The number of halogens is 2. The van der Waals surface area contributed by atoms with Crippen LogP contribution in [0, 0.1) is 0 Å². The van der Waals surface area contributed by atoms with Gasteiger partial charge in [0.25, 0.3) is 40.5 Å². The number of fused-ring (bicyclic) bond motifs is 2. The van der Waals surface area contributed by atoms with Crippen molar-refractivity contribution in [1.82, 2.24) is 0 Å². The Hall–Kier alpha value is -3.69. The maximum Gasteiger partial charge on any atom is 0.294 e. The minimum atomic E-state index is -4.54. The highest BCUT2D eigenvalue weighted by molar-refractivity contribution is 7.86. The van der Waals surface area contributed by atoms with Gasteiger partial charge in [-0.2, -0.15) is 38.2 Å². The van der Waals surface area contributed by atoms with Crippen LogP contribution in [-0.4, -0.2) is 86.8 Å². The first-order chi connectivity index (χ1) is 29.6. The number of unbranched alkanes of at least 4 members (excludes halogenated alkanes) is 2. The smallest absolute Gasteiger partial charge is 0.294 e. The number of allylic oxidation sites excluding steroid dienone is 8. The van der Waals surface area contributed by atoms with E-state index in [1.54, 1.807) is 30.3 Å². The van der Waals surface area contributed by atoms with E-state index >= 15 is 0 Å². The Balaban J connectivity index is 1.50. The Labute approximate surface area is 385 Å². The molecule has 4 N–H and O–H groups in total. The fraction of sp³-hybridized carbons (Fsp3) is 0.386. The van der Waals surface area contributed by atoms with Gasteiger partial charge < -0.3 is 4.90 Å². The maximum atomic E-state index is 12.2. The molecule has 2 aliphatic heterocycles. The summed E-state index contributed by atoms with van der Waals surface area (Å²) in [4.78, 5) is 1.44. The molecule has 0 aromatic heterocycles. The van der Waals surface area contributed by atoms with Crippen LogP contribution in [0.3, 0.4) is 0 Å². The lowest BCUT2D eigenvalue weighted by molar-refractivity contribution is -0.438. The average molecular weight is 999 g/mol. The lowest BCUT2D eigenvalue weighted by Gasteiger charge is -2.28. The molecular weight excluding hydrogens is 948 g/mol. The van der Waals surface area contributed by atoms with Crippen molar-refractivity contribution < 1.29 is 56.5 Å². The molecule has 346 valence electrons. The van der Waals surface area contributed by atoms with Crippen LogP contribution in [0.5, 0.6) is 0 Å². The van der Waals surface area contributed by atoms with E-state index in [4.69, 9.17) is 23.2 Å². The van der Waals surface area contributed by atoms with Gasteiger partial charge in [0, 0.05) is 63.1 Å². The van der Waals surface area contributed by atoms with E-state index in [1.807, 2.05) is 61.5 Å². The second-order valence-electron chi connectivity index (χ2n) is 17.2. The molecule has 64 heavy (non-hydrogen) atoms. The van der Waals surface area contributed by atoms with E-state index in [-0.39, 0.29) is 22.6 Å². The highest BCUT2D eigenvalue weighted by atomic mass is 35.5. The molecular formula is C44H51Cl2N2O12S4+. The van der Waals surface area contributed by atoms with Crippen LogP contribution in [0.1, 0.15) is 89.3 Å². The van der Waals surface area contributed by atoms with Crippen molar-refractivity contribution in [3.05, 3.63) is 122 Å². The first-order valence-electron chi connectivity index (χ1n) is 20.5. The van der Waals surface area contributed by atoms with Crippen molar-refractivity contribution in [1.29, 1.82) is 0 Å². The van der Waals surface area contributed by atoms with Gasteiger partial charge in [-0.25, -0.2) is 0 Å². The van der Waals surface area contributed by atoms with Gasteiger partial charge in [-0.3, -0.25) is 18.2 Å². The number of hydrogen-bond donors (Lipinski definition) is 4. The first kappa shape index (κ1) is 49.7. The van der Waals surface area contributed by atoms with Gasteiger partial charge in [0.05, 0.1) is 26.7 Å². The molecule has 2 heterocycles. The monoisotopic (exact) mass is 997 g/mol. The number of nitrogens with zero attached hydrogens (tertiary/aromatic N) is 2. The van der Waals surface area contributed by atoms with Gasteiger partial charge in [-0.1, -0.05) is 55.3 Å². The molecule has 0 atom stereocenters. The van der Waals surface area contributed by atoms with Crippen LogP contribution in [0.15, 0.2) is 106 Å². The molecule has 20 heteroatoms. The van der Waals surface area contributed by atoms with Crippen LogP contribution < -0.4 is 4.90 Å². The summed E-state index contributed by atoms with van der Waals surface area (Å²) < 4.78 is 136. The van der Waals surface area contributed by atoms with Crippen LogP contribution in [0.2, 0.25) is 10.0 Å². The summed E-state index contributed by atoms with van der Waals surface area (Å²) >= 11 is 13.9. The van der Waals surface area contributed by atoms with Gasteiger partial charge in [-0.15, -0.1) is 0 Å². The Morgan fingerprint density at radius 1 is 0.688 bits per heavy atom. The summed E-state index contributed by atoms with van der Waals surface area (Å²) in [6.45, 7) is 8.34. The van der Waals surface area contributed by atoms with Gasteiger partial charge in [0.1, 0.15) is 6.54 Å². The lowest BCUT2D eigenvalue weighted by atomic mass is 9.79. The fourth-order valence-electron chi connectivity index (χ4n) is 8.90. The molecule has 0 saturated heterocycles. The number of hydrogen-bond acceptors (Lipinski definition) is 9. The number of rotatable bonds is 16. The topological polar surface area (TPSA) is 224 Å². The Morgan fingerprint density at radius 2 is 1.27 bits per heavy atom. The number of benzene rings is 3. The van der Waals surface area contributed by atoms with Crippen LogP contribution in [0.4, 0.5) is 11.4 Å². The average Bonchev–Trinajstić information content (AvgIpc) is 3.52. The summed E-state index contributed by atoms with van der Waals surface area (Å²) in [7, 11) is -17.5. The molecule has 1 aliphatic carbocycles. The summed E-state index contributed by atoms with van der Waals surface area (Å²) in [5, 5.41) is 0.806. The highest BCUT2D eigenvalue weighted by Crippen LogP contribution is 2.50. The molecule has 14 nitrogen and oxygen atoms in total. The minimum Gasteiger partial charge on any atom is -0.344 e. The van der Waals surface area contributed by atoms with Crippen LogP contribution in [0.25, 0.3) is 5.57 Å². The summed E-state index contributed by atoms with van der Waals surface area (Å²) in [6.07, 6.45) is 10.8. The highest BCUT2D eigenvalue weighted by Gasteiger charge is 2.45. The molecule has 0 bridgehead atoms. The fourth-order valence-corrected chi connectivity index (χ4v) is 11.6. The molecule has 3 aromatic carbocycles. The minimum absolute atomic E-state index is 0.167. The molecule has 3 aliphatic rings. The predicted octanol–water partition coefficient (Wildman–Crippen LogP) is 9.00. The van der Waals surface area contributed by atoms with E-state index in [9.17, 15) is 51.9 Å². The Bertz CT molecular complexity index is 2990. The second kappa shape index (κ2) is 18.5. The van der Waals surface area contributed by atoms with Crippen molar-refractivity contribution in [2.75, 3.05) is 29.5 Å². The zero-order valence-corrected chi connectivity index (χ0v) is 40.4. The standard InChI is InChI=1S/C44H50Cl2N2O12S4/c1-43(2)33-27-31(63(55,56)57)17-19-37(33)47(23-5-7-25-61(49,50)51)39(43)21-15-29-11-9-12-30(41(29)42-35(45)13-10-14-36(42)46)16-22-40-44(3,4)34-28-32(64(58,59)60)18-20-38(34)48(40)24-6-8-26-62(52,53)54/h10,13-22,27-28H,5-9,11-12,23-26H2,1-4H3,(H3-,49,50,51,52,53,54,55,56,57,58,59,60)/p+1. The number of anilines is 1. The predicted molar refractivity (Wildman–Crippen MR) is 250 cm³/mol. The zero-order chi connectivity index (χ0) is 47.2. The molecule has 0 amide bonds. The molecule has 6 rings (SSSR count). The molecule has 3 aromatic rings. The molecule has 0 saturated carbocycles. The van der Waals surface area contributed by atoms with E-state index in [0.717, 1.165) is 34.5 Å². The van der Waals surface area contributed by atoms with Crippen LogP contribution in [-0.2, 0) is 51.3 Å². The lowest BCUT2D eigenvalue weighted by Crippen LogP contribution is -2.28. The third kappa shape index (κ3) is 10.9. The Morgan fingerprint density at radius 3 is 1.86 bits per heavy atom. The van der Waals surface area contributed by atoms with E-state index < -0.39 is 62.8 Å². The SMILES string of the molecule is CC1(C)C(/C=C/C2=C(c3c(Cl)cccc3Cl)C(=C/C=C3/N(CCCCS(=O)(=O)O)c4ccc(S(=O)(=O)O)cc4C3(C)C)/CCC2)=[N+](CCCCS(=O)(=O)O)c2ccc(S(=O)(=O)O)cc21.